The van der Waals surface area contributed by atoms with Crippen molar-refractivity contribution >= 4 is 28.4 Å². The lowest BCUT2D eigenvalue weighted by molar-refractivity contribution is -0.133. The van der Waals surface area contributed by atoms with Crippen molar-refractivity contribution in [3.8, 4) is 23.0 Å². The van der Waals surface area contributed by atoms with Gasteiger partial charge < -0.3 is 20.3 Å². The summed E-state index contributed by atoms with van der Waals surface area (Å²) in [6.07, 6.45) is 2.63. The van der Waals surface area contributed by atoms with E-state index in [2.05, 4.69) is 4.98 Å². The smallest absolute Gasteiger partial charge is 0.252 e. The highest BCUT2D eigenvalue weighted by atomic mass is 19.1. The Morgan fingerprint density at radius 1 is 0.923 bits per heavy atom. The lowest BCUT2D eigenvalue weighted by Gasteiger charge is -2.16. The number of ketones is 2. The van der Waals surface area contributed by atoms with Crippen LogP contribution in [0, 0.1) is 11.2 Å². The number of hydrogen-bond donors (Lipinski definition) is 2. The van der Waals surface area contributed by atoms with Gasteiger partial charge in [0.1, 0.15) is 17.3 Å². The van der Waals surface area contributed by atoms with Crippen LogP contribution in [0.1, 0.15) is 34.3 Å². The van der Waals surface area contributed by atoms with Gasteiger partial charge in [0.15, 0.2) is 23.1 Å². The molecule has 3 aromatic carbocycles. The summed E-state index contributed by atoms with van der Waals surface area (Å²) in [5, 5.41) is 10.5. The first-order valence-corrected chi connectivity index (χ1v) is 12.3. The molecule has 8 nitrogen and oxygen atoms in total. The number of ether oxygens (including phenoxy) is 2. The summed E-state index contributed by atoms with van der Waals surface area (Å²) in [5.74, 6) is -0.702. The van der Waals surface area contributed by atoms with Crippen molar-refractivity contribution in [2.24, 2.45) is 11.1 Å². The number of nitrogens with two attached hydrogens (primary N) is 1. The minimum Gasteiger partial charge on any atom is -0.507 e. The molecule has 1 saturated carbocycles. The Bertz CT molecular complexity index is 1610. The molecule has 3 N–H and O–H groups in total. The molecule has 0 saturated heterocycles. The molecule has 1 aliphatic rings. The topological polar surface area (TPSA) is 129 Å². The van der Waals surface area contributed by atoms with Crippen LogP contribution in [-0.2, 0) is 22.4 Å². The van der Waals surface area contributed by atoms with Crippen molar-refractivity contribution < 1.29 is 33.4 Å². The van der Waals surface area contributed by atoms with Gasteiger partial charge in [0, 0.05) is 30.5 Å². The van der Waals surface area contributed by atoms with Crippen molar-refractivity contribution in [2.45, 2.75) is 25.7 Å². The van der Waals surface area contributed by atoms with Gasteiger partial charge in [-0.2, -0.15) is 0 Å². The highest BCUT2D eigenvalue weighted by Crippen LogP contribution is 2.49. The van der Waals surface area contributed by atoms with Crippen molar-refractivity contribution in [3.05, 3.63) is 89.4 Å². The van der Waals surface area contributed by atoms with Crippen molar-refractivity contribution in [1.82, 2.24) is 4.98 Å². The van der Waals surface area contributed by atoms with E-state index >= 15 is 0 Å². The number of hydrogen-bond acceptors (Lipinski definition) is 7. The van der Waals surface area contributed by atoms with Crippen LogP contribution in [0.2, 0.25) is 0 Å². The number of Topliss-reactive ketones (excluding diaryl/α,β-unsaturated/α-hetero) is 2. The molecule has 1 fully saturated rings. The van der Waals surface area contributed by atoms with Crippen LogP contribution >= 0.6 is 0 Å². The van der Waals surface area contributed by atoms with Gasteiger partial charge in [-0.25, -0.2) is 4.39 Å². The third kappa shape index (κ3) is 5.16. The minimum absolute atomic E-state index is 0.0469. The fraction of sp³-hybridized carbons (Fsp3) is 0.200. The number of phenols is 1. The predicted octanol–water partition coefficient (Wildman–Crippen LogP) is 4.68. The lowest BCUT2D eigenvalue weighted by Crippen LogP contribution is -2.28. The lowest BCUT2D eigenvalue weighted by atomic mass is 9.88. The van der Waals surface area contributed by atoms with E-state index in [0.29, 0.717) is 52.1 Å². The molecular formula is C30H25FN2O6. The highest BCUT2D eigenvalue weighted by Gasteiger charge is 2.54. The van der Waals surface area contributed by atoms with E-state index in [9.17, 15) is 23.9 Å². The fourth-order valence-electron chi connectivity index (χ4n) is 4.62. The average Bonchev–Trinajstić information content (AvgIpc) is 3.73. The number of amides is 1. The Morgan fingerprint density at radius 3 is 2.23 bits per heavy atom. The zero-order chi connectivity index (χ0) is 27.7. The van der Waals surface area contributed by atoms with Gasteiger partial charge in [-0.05, 0) is 60.4 Å². The normalized spacial score (nSPS) is 13.6. The molecule has 1 aromatic heterocycles. The molecule has 39 heavy (non-hydrogen) atoms. The van der Waals surface area contributed by atoms with Crippen LogP contribution in [-0.4, -0.2) is 34.7 Å². The number of carbonyl (C=O) groups is 3. The van der Waals surface area contributed by atoms with Crippen LogP contribution < -0.4 is 15.2 Å². The molecule has 1 aliphatic carbocycles. The van der Waals surface area contributed by atoms with E-state index < -0.39 is 11.3 Å². The van der Waals surface area contributed by atoms with Crippen LogP contribution in [0.5, 0.6) is 23.0 Å². The maximum Gasteiger partial charge on any atom is 0.252 e. The number of fused-ring (bicyclic) bond motifs is 1. The summed E-state index contributed by atoms with van der Waals surface area (Å²) in [4.78, 5) is 42.1. The Labute approximate surface area is 223 Å². The number of pyridine rings is 1. The van der Waals surface area contributed by atoms with Crippen molar-refractivity contribution in [3.63, 3.8) is 0 Å². The van der Waals surface area contributed by atoms with Crippen LogP contribution in [0.4, 0.5) is 4.39 Å². The van der Waals surface area contributed by atoms with E-state index in [1.165, 1.54) is 37.6 Å². The van der Waals surface area contributed by atoms with Gasteiger partial charge in [-0.1, -0.05) is 18.2 Å². The Hall–Kier alpha value is -4.79. The second-order valence-corrected chi connectivity index (χ2v) is 9.56. The second kappa shape index (κ2) is 10.2. The number of aromatic hydroxyl groups is 1. The van der Waals surface area contributed by atoms with E-state index in [0.717, 1.165) is 0 Å². The highest BCUT2D eigenvalue weighted by molar-refractivity contribution is 6.11. The van der Waals surface area contributed by atoms with Crippen molar-refractivity contribution in [2.75, 3.05) is 7.11 Å². The zero-order valence-corrected chi connectivity index (χ0v) is 21.1. The summed E-state index contributed by atoms with van der Waals surface area (Å²) in [7, 11) is 1.47. The van der Waals surface area contributed by atoms with Crippen LogP contribution in [0.25, 0.3) is 10.9 Å². The molecule has 0 spiro atoms. The van der Waals surface area contributed by atoms with E-state index in [-0.39, 0.29) is 41.5 Å². The number of aromatic nitrogens is 1. The fourth-order valence-corrected chi connectivity index (χ4v) is 4.62. The van der Waals surface area contributed by atoms with Gasteiger partial charge in [0.25, 0.3) is 5.91 Å². The maximum absolute atomic E-state index is 13.2. The average molecular weight is 529 g/mol. The molecule has 0 atom stereocenters. The first-order valence-electron chi connectivity index (χ1n) is 12.3. The number of methoxy groups -OCH3 is 1. The number of primary amides is 1. The minimum atomic E-state index is -1.00. The van der Waals surface area contributed by atoms with E-state index in [1.807, 2.05) is 0 Å². The summed E-state index contributed by atoms with van der Waals surface area (Å²) < 4.78 is 24.8. The van der Waals surface area contributed by atoms with Crippen LogP contribution in [0.3, 0.4) is 0 Å². The molecule has 1 heterocycles. The van der Waals surface area contributed by atoms with Crippen LogP contribution in [0.15, 0.2) is 66.9 Å². The van der Waals surface area contributed by atoms with Gasteiger partial charge in [0.05, 0.1) is 23.6 Å². The number of nitrogens with zero attached hydrogens (tertiary/aromatic N) is 1. The monoisotopic (exact) mass is 528 g/mol. The quantitative estimate of drug-likeness (QED) is 0.286. The number of carbonyl (C=O) groups excluding carboxylic acids is 3. The summed E-state index contributed by atoms with van der Waals surface area (Å²) >= 11 is 0. The summed E-state index contributed by atoms with van der Waals surface area (Å²) in [6, 6.07) is 15.1. The molecule has 0 radical (unpaired) electrons. The van der Waals surface area contributed by atoms with Crippen molar-refractivity contribution in [1.29, 1.82) is 0 Å². The molecule has 9 heteroatoms. The largest absolute Gasteiger partial charge is 0.507 e. The maximum atomic E-state index is 13.2. The number of rotatable bonds is 10. The molecule has 198 valence electrons. The Balaban J connectivity index is 1.35. The first kappa shape index (κ1) is 25.8. The standard InChI is InChI=1S/C30H25FN2O6/c1-38-26-12-18(14-28(36)30(9-10-30)27(35)13-17-2-5-19(31)6-3-17)4-7-25(26)39-24-8-11-33-22-16-23(34)21(29(32)37)15-20(22)24/h2-8,11-12,15-16,34H,9-10,13-14H2,1H3,(H2,32,37). The summed E-state index contributed by atoms with van der Waals surface area (Å²) in [5.41, 5.74) is 6.03. The summed E-state index contributed by atoms with van der Waals surface area (Å²) in [6.45, 7) is 0. The van der Waals surface area contributed by atoms with Gasteiger partial charge in [0.2, 0.25) is 0 Å². The molecule has 5 rings (SSSR count). The Morgan fingerprint density at radius 2 is 1.59 bits per heavy atom. The molecule has 0 bridgehead atoms. The number of benzene rings is 3. The zero-order valence-electron chi connectivity index (χ0n) is 21.1. The van der Waals surface area contributed by atoms with Gasteiger partial charge in [-0.15, -0.1) is 0 Å². The third-order valence-electron chi connectivity index (χ3n) is 6.99. The molecule has 4 aromatic rings. The molecule has 0 unspecified atom stereocenters. The molecular weight excluding hydrogens is 503 g/mol. The molecule has 0 aliphatic heterocycles. The second-order valence-electron chi connectivity index (χ2n) is 9.56. The van der Waals surface area contributed by atoms with Gasteiger partial charge >= 0.3 is 0 Å². The number of halogens is 1. The third-order valence-corrected chi connectivity index (χ3v) is 6.99. The first-order chi connectivity index (χ1) is 18.7. The SMILES string of the molecule is COc1cc(CC(=O)C2(C(=O)Cc3ccc(F)cc3)CC2)ccc1Oc1ccnc2cc(O)c(C(N)=O)cc12. The van der Waals surface area contributed by atoms with Gasteiger partial charge in [-0.3, -0.25) is 19.4 Å². The predicted molar refractivity (Wildman–Crippen MR) is 140 cm³/mol. The Kier molecular flexibility index (Phi) is 6.74. The molecule has 1 amide bonds. The van der Waals surface area contributed by atoms with E-state index in [4.69, 9.17) is 15.2 Å². The van der Waals surface area contributed by atoms with E-state index in [1.54, 1.807) is 36.4 Å².